The molecule has 3 aromatic rings. The molecule has 3 rings (SSSR count). The average Bonchev–Trinajstić information content (AvgIpc) is 3.05. The lowest BCUT2D eigenvalue weighted by atomic mass is 10.2. The van der Waals surface area contributed by atoms with E-state index < -0.39 is 11.6 Å². The first kappa shape index (κ1) is 16.6. The Morgan fingerprint density at radius 3 is 2.83 bits per heavy atom. The molecule has 0 aliphatic rings. The summed E-state index contributed by atoms with van der Waals surface area (Å²) in [6.45, 7) is 0.00404. The average molecular weight is 416 g/mol. The largest absolute Gasteiger partial charge is 0.364 e. The molecule has 0 radical (unpaired) electrons. The summed E-state index contributed by atoms with van der Waals surface area (Å²) in [5, 5.41) is 12.5. The number of nitrogens with zero attached hydrogens (tertiary/aromatic N) is 3. The zero-order chi connectivity index (χ0) is 17.1. The SMILES string of the molecule is Fc1cc(Br)cc(CNc2nc(Nc3cn[nH]c3)ncc2Cl)c1F. The first-order valence-electron chi connectivity index (χ1n) is 6.68. The van der Waals surface area contributed by atoms with Gasteiger partial charge in [0, 0.05) is 22.8 Å². The Morgan fingerprint density at radius 2 is 2.08 bits per heavy atom. The van der Waals surface area contributed by atoms with Crippen molar-refractivity contribution in [2.45, 2.75) is 6.54 Å². The van der Waals surface area contributed by atoms with Gasteiger partial charge in [0.1, 0.15) is 5.02 Å². The second-order valence-electron chi connectivity index (χ2n) is 4.72. The van der Waals surface area contributed by atoms with Crippen LogP contribution in [0.3, 0.4) is 0 Å². The Kier molecular flexibility index (Phi) is 4.91. The van der Waals surface area contributed by atoms with Gasteiger partial charge in [0.25, 0.3) is 0 Å². The fourth-order valence-corrected chi connectivity index (χ4v) is 2.55. The minimum atomic E-state index is -0.933. The van der Waals surface area contributed by atoms with Gasteiger partial charge in [0.15, 0.2) is 17.5 Å². The van der Waals surface area contributed by atoms with Crippen molar-refractivity contribution < 1.29 is 8.78 Å². The Labute approximate surface area is 148 Å². The van der Waals surface area contributed by atoms with Crippen LogP contribution in [0.25, 0.3) is 0 Å². The van der Waals surface area contributed by atoms with Crippen molar-refractivity contribution in [3.05, 3.63) is 57.4 Å². The lowest BCUT2D eigenvalue weighted by Gasteiger charge is -2.10. The summed E-state index contributed by atoms with van der Waals surface area (Å²) in [6.07, 6.45) is 4.59. The molecule has 0 aliphatic heterocycles. The molecule has 0 unspecified atom stereocenters. The fraction of sp³-hybridized carbons (Fsp3) is 0.0714. The second kappa shape index (κ2) is 7.10. The number of anilines is 3. The monoisotopic (exact) mass is 414 g/mol. The summed E-state index contributed by atoms with van der Waals surface area (Å²) in [4.78, 5) is 8.24. The van der Waals surface area contributed by atoms with Crippen molar-refractivity contribution in [1.29, 1.82) is 0 Å². The fourth-order valence-electron chi connectivity index (χ4n) is 1.92. The van der Waals surface area contributed by atoms with E-state index >= 15 is 0 Å². The highest BCUT2D eigenvalue weighted by molar-refractivity contribution is 9.10. The van der Waals surface area contributed by atoms with E-state index in [0.717, 1.165) is 6.07 Å². The van der Waals surface area contributed by atoms with Crippen LogP contribution in [0, 0.1) is 11.6 Å². The summed E-state index contributed by atoms with van der Waals surface area (Å²) in [7, 11) is 0. The van der Waals surface area contributed by atoms with Crippen molar-refractivity contribution in [2.75, 3.05) is 10.6 Å². The number of nitrogens with one attached hydrogen (secondary N) is 3. The molecule has 0 saturated heterocycles. The lowest BCUT2D eigenvalue weighted by molar-refractivity contribution is 0.499. The molecular formula is C14H10BrClF2N6. The van der Waals surface area contributed by atoms with E-state index in [9.17, 15) is 8.78 Å². The number of hydrogen-bond acceptors (Lipinski definition) is 5. The number of benzene rings is 1. The van der Waals surface area contributed by atoms with E-state index in [1.54, 1.807) is 12.4 Å². The molecule has 0 bridgehead atoms. The van der Waals surface area contributed by atoms with Crippen molar-refractivity contribution >= 4 is 45.0 Å². The Bertz CT molecular complexity index is 859. The van der Waals surface area contributed by atoms with Crippen LogP contribution in [-0.2, 0) is 6.54 Å². The highest BCUT2D eigenvalue weighted by Crippen LogP contribution is 2.24. The first-order chi connectivity index (χ1) is 11.5. The number of H-pyrrole nitrogens is 1. The third-order valence-electron chi connectivity index (χ3n) is 3.01. The number of halogens is 4. The Hall–Kier alpha value is -2.26. The minimum Gasteiger partial charge on any atom is -0.364 e. The number of hydrogen-bond donors (Lipinski definition) is 3. The maximum absolute atomic E-state index is 13.8. The van der Waals surface area contributed by atoms with Gasteiger partial charge < -0.3 is 10.6 Å². The number of rotatable bonds is 5. The molecule has 0 saturated carbocycles. The molecule has 0 spiro atoms. The highest BCUT2D eigenvalue weighted by atomic mass is 79.9. The van der Waals surface area contributed by atoms with Crippen molar-refractivity contribution in [1.82, 2.24) is 20.2 Å². The predicted octanol–water partition coefficient (Wildman–Crippen LogP) is 4.25. The van der Waals surface area contributed by atoms with Crippen molar-refractivity contribution in [3.8, 4) is 0 Å². The van der Waals surface area contributed by atoms with E-state index in [1.165, 1.54) is 12.3 Å². The molecule has 1 aromatic carbocycles. The number of aromatic nitrogens is 4. The van der Waals surface area contributed by atoms with Gasteiger partial charge >= 0.3 is 0 Å². The van der Waals surface area contributed by atoms with Crippen LogP contribution in [0.4, 0.5) is 26.2 Å². The van der Waals surface area contributed by atoms with Gasteiger partial charge in [-0.3, -0.25) is 5.10 Å². The second-order valence-corrected chi connectivity index (χ2v) is 6.04. The summed E-state index contributed by atoms with van der Waals surface area (Å²) >= 11 is 9.16. The zero-order valence-corrected chi connectivity index (χ0v) is 14.3. The van der Waals surface area contributed by atoms with Gasteiger partial charge in [0.2, 0.25) is 5.95 Å². The smallest absolute Gasteiger partial charge is 0.229 e. The van der Waals surface area contributed by atoms with Gasteiger partial charge in [-0.15, -0.1) is 0 Å². The van der Waals surface area contributed by atoms with E-state index in [1.807, 2.05) is 0 Å². The Balaban J connectivity index is 1.77. The van der Waals surface area contributed by atoms with E-state index in [2.05, 4.69) is 46.7 Å². The van der Waals surface area contributed by atoms with Crippen LogP contribution in [0.1, 0.15) is 5.56 Å². The van der Waals surface area contributed by atoms with Crippen LogP contribution >= 0.6 is 27.5 Å². The summed E-state index contributed by atoms with van der Waals surface area (Å²) < 4.78 is 27.6. The third kappa shape index (κ3) is 3.80. The maximum atomic E-state index is 13.8. The van der Waals surface area contributed by atoms with E-state index in [-0.39, 0.29) is 28.9 Å². The highest BCUT2D eigenvalue weighted by Gasteiger charge is 2.12. The van der Waals surface area contributed by atoms with Crippen LogP contribution in [-0.4, -0.2) is 20.2 Å². The molecule has 0 aliphatic carbocycles. The van der Waals surface area contributed by atoms with Crippen LogP contribution in [0.15, 0.2) is 35.2 Å². The van der Waals surface area contributed by atoms with Gasteiger partial charge in [0.05, 0.1) is 18.1 Å². The summed E-state index contributed by atoms with van der Waals surface area (Å²) in [5.41, 5.74) is 0.810. The topological polar surface area (TPSA) is 78.5 Å². The van der Waals surface area contributed by atoms with Crippen LogP contribution < -0.4 is 10.6 Å². The predicted molar refractivity (Wildman–Crippen MR) is 90.3 cm³/mol. The molecule has 2 aromatic heterocycles. The Morgan fingerprint density at radius 1 is 1.25 bits per heavy atom. The van der Waals surface area contributed by atoms with Crippen molar-refractivity contribution in [3.63, 3.8) is 0 Å². The molecule has 0 atom stereocenters. The van der Waals surface area contributed by atoms with Crippen molar-refractivity contribution in [2.24, 2.45) is 0 Å². The van der Waals surface area contributed by atoms with Gasteiger partial charge in [-0.2, -0.15) is 10.1 Å². The van der Waals surface area contributed by atoms with Crippen LogP contribution in [0.2, 0.25) is 5.02 Å². The standard InChI is InChI=1S/C14H10BrClF2N6/c15-8-1-7(12(18)11(17)2-8)3-19-13-10(16)6-20-14(24-13)23-9-4-21-22-5-9/h1-2,4-6H,3H2,(H,21,22)(H2,19,20,23,24). The van der Waals surface area contributed by atoms with E-state index in [0.29, 0.717) is 10.2 Å². The molecule has 10 heteroatoms. The van der Waals surface area contributed by atoms with E-state index in [4.69, 9.17) is 11.6 Å². The van der Waals surface area contributed by atoms with Crippen LogP contribution in [0.5, 0.6) is 0 Å². The molecule has 0 amide bonds. The normalized spacial score (nSPS) is 10.7. The first-order valence-corrected chi connectivity index (χ1v) is 7.85. The number of aromatic amines is 1. The molecule has 3 N–H and O–H groups in total. The van der Waals surface area contributed by atoms with Gasteiger partial charge in [-0.1, -0.05) is 27.5 Å². The maximum Gasteiger partial charge on any atom is 0.229 e. The molecule has 124 valence electrons. The molecular weight excluding hydrogens is 406 g/mol. The van der Waals surface area contributed by atoms with Gasteiger partial charge in [-0.25, -0.2) is 13.8 Å². The third-order valence-corrected chi connectivity index (χ3v) is 3.75. The molecule has 24 heavy (non-hydrogen) atoms. The molecule has 2 heterocycles. The quantitative estimate of drug-likeness (QED) is 0.543. The summed E-state index contributed by atoms with van der Waals surface area (Å²) in [6, 6.07) is 2.54. The summed E-state index contributed by atoms with van der Waals surface area (Å²) in [5.74, 6) is -1.29. The van der Waals surface area contributed by atoms with Gasteiger partial charge in [-0.05, 0) is 12.1 Å². The molecule has 6 nitrogen and oxygen atoms in total. The lowest BCUT2D eigenvalue weighted by Crippen LogP contribution is -2.07. The minimum absolute atomic E-state index is 0.00404. The zero-order valence-electron chi connectivity index (χ0n) is 11.9. The molecule has 0 fully saturated rings.